The van der Waals surface area contributed by atoms with Crippen LogP contribution in [0.4, 0.5) is 0 Å². The van der Waals surface area contributed by atoms with Crippen LogP contribution < -0.4 is 4.74 Å². The Balaban J connectivity index is 1.95. The van der Waals surface area contributed by atoms with Crippen LogP contribution in [0.1, 0.15) is 16.8 Å². The zero-order valence-corrected chi connectivity index (χ0v) is 11.5. The van der Waals surface area contributed by atoms with Gasteiger partial charge < -0.3 is 4.74 Å². The van der Waals surface area contributed by atoms with Crippen molar-refractivity contribution in [3.05, 3.63) is 59.4 Å². The molecule has 0 aliphatic rings. The van der Waals surface area contributed by atoms with E-state index in [2.05, 4.69) is 11.1 Å². The number of methoxy groups -OCH3 is 1. The summed E-state index contributed by atoms with van der Waals surface area (Å²) in [6, 6.07) is 13.8. The molecule has 19 heavy (non-hydrogen) atoms. The van der Waals surface area contributed by atoms with E-state index in [4.69, 9.17) is 10.00 Å². The van der Waals surface area contributed by atoms with Gasteiger partial charge >= 0.3 is 0 Å². The van der Waals surface area contributed by atoms with E-state index in [0.29, 0.717) is 11.3 Å². The number of hydrogen-bond donors (Lipinski definition) is 0. The molecule has 0 radical (unpaired) electrons. The van der Waals surface area contributed by atoms with Gasteiger partial charge in [-0.3, -0.25) is 4.98 Å². The van der Waals surface area contributed by atoms with Crippen molar-refractivity contribution in [3.63, 3.8) is 0 Å². The summed E-state index contributed by atoms with van der Waals surface area (Å²) >= 11 is 1.78. The normalized spacial score (nSPS) is 9.89. The fourth-order valence-corrected chi connectivity index (χ4v) is 2.59. The molecule has 1 heterocycles. The van der Waals surface area contributed by atoms with Gasteiger partial charge in [-0.15, -0.1) is 0 Å². The Bertz CT molecular complexity index is 578. The predicted octanol–water partition coefficient (Wildman–Crippen LogP) is 3.40. The number of ether oxygens (including phenoxy) is 1. The van der Waals surface area contributed by atoms with E-state index in [1.54, 1.807) is 25.1 Å². The van der Waals surface area contributed by atoms with Crippen LogP contribution in [0.25, 0.3) is 0 Å². The van der Waals surface area contributed by atoms with Crippen molar-refractivity contribution in [1.82, 2.24) is 4.98 Å². The van der Waals surface area contributed by atoms with Gasteiger partial charge in [0, 0.05) is 17.7 Å². The third-order valence-electron chi connectivity index (χ3n) is 2.63. The lowest BCUT2D eigenvalue weighted by molar-refractivity contribution is 0.413. The first kappa shape index (κ1) is 13.4. The van der Waals surface area contributed by atoms with E-state index in [0.717, 1.165) is 22.8 Å². The van der Waals surface area contributed by atoms with Gasteiger partial charge in [0.25, 0.3) is 0 Å². The first-order valence-electron chi connectivity index (χ1n) is 5.88. The number of pyridine rings is 1. The van der Waals surface area contributed by atoms with E-state index < -0.39 is 0 Å². The fraction of sp³-hybridized carbons (Fsp3) is 0.200. The summed E-state index contributed by atoms with van der Waals surface area (Å²) in [5.41, 5.74) is 2.78. The lowest BCUT2D eigenvalue weighted by Gasteiger charge is -2.06. The minimum Gasteiger partial charge on any atom is -0.495 e. The molecule has 0 bridgehead atoms. The zero-order valence-electron chi connectivity index (χ0n) is 10.7. The molecule has 0 fully saturated rings. The molecule has 0 aliphatic carbocycles. The van der Waals surface area contributed by atoms with Crippen LogP contribution in [-0.4, -0.2) is 12.1 Å². The average Bonchev–Trinajstić information content (AvgIpc) is 2.48. The molecule has 3 nitrogen and oxygen atoms in total. The van der Waals surface area contributed by atoms with Gasteiger partial charge in [0.1, 0.15) is 11.8 Å². The second-order valence-electron chi connectivity index (χ2n) is 3.96. The standard InChI is InChI=1S/C15H14N2OS/c1-18-15-6-5-12(8-13(15)9-16)10-19-11-14-4-2-3-7-17-14/h2-8H,10-11H2,1H3. The Kier molecular flexibility index (Phi) is 4.82. The third kappa shape index (κ3) is 3.73. The third-order valence-corrected chi connectivity index (χ3v) is 3.67. The van der Waals surface area contributed by atoms with E-state index in [1.807, 2.05) is 36.4 Å². The second-order valence-corrected chi connectivity index (χ2v) is 4.95. The van der Waals surface area contributed by atoms with Gasteiger partial charge in [-0.25, -0.2) is 0 Å². The Morgan fingerprint density at radius 1 is 1.26 bits per heavy atom. The van der Waals surface area contributed by atoms with Crippen molar-refractivity contribution in [2.45, 2.75) is 11.5 Å². The number of nitriles is 1. The van der Waals surface area contributed by atoms with E-state index >= 15 is 0 Å². The monoisotopic (exact) mass is 270 g/mol. The predicted molar refractivity (Wildman–Crippen MR) is 76.9 cm³/mol. The number of benzene rings is 1. The highest BCUT2D eigenvalue weighted by molar-refractivity contribution is 7.97. The topological polar surface area (TPSA) is 45.9 Å². The van der Waals surface area contributed by atoms with E-state index in [1.165, 1.54) is 0 Å². The Morgan fingerprint density at radius 2 is 2.16 bits per heavy atom. The molecule has 0 N–H and O–H groups in total. The molecule has 1 aromatic heterocycles. The maximum atomic E-state index is 9.03. The summed E-state index contributed by atoms with van der Waals surface area (Å²) in [5.74, 6) is 2.35. The molecule has 2 aromatic rings. The maximum absolute atomic E-state index is 9.03. The van der Waals surface area contributed by atoms with Crippen LogP contribution in [0.3, 0.4) is 0 Å². The van der Waals surface area contributed by atoms with Crippen molar-refractivity contribution in [2.24, 2.45) is 0 Å². The molecule has 1 aromatic carbocycles. The van der Waals surface area contributed by atoms with E-state index in [9.17, 15) is 0 Å². The lowest BCUT2D eigenvalue weighted by atomic mass is 10.1. The summed E-state index contributed by atoms with van der Waals surface area (Å²) < 4.78 is 5.13. The molecule has 4 heteroatoms. The van der Waals surface area contributed by atoms with E-state index in [-0.39, 0.29) is 0 Å². The van der Waals surface area contributed by atoms with Gasteiger partial charge in [0.2, 0.25) is 0 Å². The number of nitrogens with zero attached hydrogens (tertiary/aromatic N) is 2. The number of rotatable bonds is 5. The van der Waals surface area contributed by atoms with Gasteiger partial charge in [-0.1, -0.05) is 12.1 Å². The quantitative estimate of drug-likeness (QED) is 0.835. The molecule has 0 aliphatic heterocycles. The highest BCUT2D eigenvalue weighted by atomic mass is 32.2. The fourth-order valence-electron chi connectivity index (χ4n) is 1.69. The lowest BCUT2D eigenvalue weighted by Crippen LogP contribution is -1.91. The van der Waals surface area contributed by atoms with Gasteiger partial charge in [-0.2, -0.15) is 17.0 Å². The average molecular weight is 270 g/mol. The number of thioether (sulfide) groups is 1. The SMILES string of the molecule is COc1ccc(CSCc2ccccn2)cc1C#N. The van der Waals surface area contributed by atoms with Gasteiger partial charge in [0.15, 0.2) is 0 Å². The van der Waals surface area contributed by atoms with Crippen LogP contribution in [0, 0.1) is 11.3 Å². The zero-order chi connectivity index (χ0) is 13.5. The van der Waals surface area contributed by atoms with Crippen molar-refractivity contribution in [3.8, 4) is 11.8 Å². The Morgan fingerprint density at radius 3 is 2.84 bits per heavy atom. The van der Waals surface area contributed by atoms with Gasteiger partial charge in [0.05, 0.1) is 18.4 Å². The van der Waals surface area contributed by atoms with Gasteiger partial charge in [-0.05, 0) is 29.8 Å². The van der Waals surface area contributed by atoms with Crippen LogP contribution in [0.5, 0.6) is 5.75 Å². The summed E-state index contributed by atoms with van der Waals surface area (Å²) in [4.78, 5) is 4.28. The molecule has 0 unspecified atom stereocenters. The Labute approximate surface area is 117 Å². The van der Waals surface area contributed by atoms with Crippen molar-refractivity contribution in [1.29, 1.82) is 5.26 Å². The smallest absolute Gasteiger partial charge is 0.136 e. The largest absolute Gasteiger partial charge is 0.495 e. The van der Waals surface area contributed by atoms with Crippen LogP contribution in [0.15, 0.2) is 42.6 Å². The molecular formula is C15H14N2OS. The Hall–Kier alpha value is -1.99. The summed E-state index contributed by atoms with van der Waals surface area (Å²) in [6.45, 7) is 0. The molecule has 0 saturated heterocycles. The summed E-state index contributed by atoms with van der Waals surface area (Å²) in [7, 11) is 1.58. The van der Waals surface area contributed by atoms with Crippen LogP contribution in [0.2, 0.25) is 0 Å². The summed E-state index contributed by atoms with van der Waals surface area (Å²) in [5, 5.41) is 9.03. The molecule has 0 saturated carbocycles. The highest BCUT2D eigenvalue weighted by Gasteiger charge is 2.04. The minimum atomic E-state index is 0.582. The van der Waals surface area contributed by atoms with Crippen molar-refractivity contribution >= 4 is 11.8 Å². The first-order valence-corrected chi connectivity index (χ1v) is 7.03. The number of hydrogen-bond acceptors (Lipinski definition) is 4. The first-order chi connectivity index (χ1) is 9.33. The van der Waals surface area contributed by atoms with Crippen molar-refractivity contribution in [2.75, 3.05) is 7.11 Å². The highest BCUT2D eigenvalue weighted by Crippen LogP contribution is 2.22. The number of aromatic nitrogens is 1. The molecule has 2 rings (SSSR count). The molecule has 0 atom stereocenters. The van der Waals surface area contributed by atoms with Crippen LogP contribution >= 0.6 is 11.8 Å². The second kappa shape index (κ2) is 6.81. The van der Waals surface area contributed by atoms with Crippen molar-refractivity contribution < 1.29 is 4.74 Å². The maximum Gasteiger partial charge on any atom is 0.136 e. The minimum absolute atomic E-state index is 0.582. The summed E-state index contributed by atoms with van der Waals surface area (Å²) in [6.07, 6.45) is 1.80. The molecule has 0 spiro atoms. The molecule has 0 amide bonds. The molecular weight excluding hydrogens is 256 g/mol. The molecule has 96 valence electrons. The van der Waals surface area contributed by atoms with Crippen LogP contribution in [-0.2, 0) is 11.5 Å².